The zero-order valence-electron chi connectivity index (χ0n) is 12.1. The summed E-state index contributed by atoms with van der Waals surface area (Å²) < 4.78 is 1.90. The van der Waals surface area contributed by atoms with Crippen molar-refractivity contribution in [3.8, 4) is 0 Å². The van der Waals surface area contributed by atoms with Gasteiger partial charge in [0.05, 0.1) is 12.1 Å². The minimum absolute atomic E-state index is 0.0678. The van der Waals surface area contributed by atoms with Gasteiger partial charge in [-0.15, -0.1) is 10.2 Å². The van der Waals surface area contributed by atoms with Crippen LogP contribution >= 0.6 is 11.8 Å². The van der Waals surface area contributed by atoms with Gasteiger partial charge in [-0.25, -0.2) is 0 Å². The standard InChI is InChI=1S/C15H20N4OS/c1-19-11-16-18-14(19)21-10-15(9-20,17-13-7-8-13)12-5-3-2-4-6-12/h2-6,11,13,17,20H,7-10H2,1H3. The number of aliphatic hydroxyl groups is 1. The number of nitrogens with zero attached hydrogens (tertiary/aromatic N) is 3. The first-order valence-corrected chi connectivity index (χ1v) is 8.13. The Bertz CT molecular complexity index is 584. The van der Waals surface area contributed by atoms with E-state index in [0.29, 0.717) is 6.04 Å². The van der Waals surface area contributed by atoms with Crippen LogP contribution in [-0.2, 0) is 12.6 Å². The zero-order valence-corrected chi connectivity index (χ0v) is 12.9. The lowest BCUT2D eigenvalue weighted by molar-refractivity contribution is 0.177. The molecular weight excluding hydrogens is 284 g/mol. The maximum atomic E-state index is 10.1. The van der Waals surface area contributed by atoms with Crippen LogP contribution in [0.15, 0.2) is 41.8 Å². The number of nitrogens with one attached hydrogen (secondary N) is 1. The summed E-state index contributed by atoms with van der Waals surface area (Å²) >= 11 is 1.62. The molecule has 3 rings (SSSR count). The topological polar surface area (TPSA) is 63.0 Å². The number of benzene rings is 1. The van der Waals surface area contributed by atoms with E-state index < -0.39 is 5.54 Å². The minimum atomic E-state index is -0.432. The van der Waals surface area contributed by atoms with Gasteiger partial charge in [-0.2, -0.15) is 0 Å². The smallest absolute Gasteiger partial charge is 0.190 e. The number of thioether (sulfide) groups is 1. The van der Waals surface area contributed by atoms with Crippen LogP contribution in [0.4, 0.5) is 0 Å². The molecular formula is C15H20N4OS. The summed E-state index contributed by atoms with van der Waals surface area (Å²) in [6.07, 6.45) is 4.06. The zero-order chi connectivity index (χ0) is 14.7. The van der Waals surface area contributed by atoms with Crippen molar-refractivity contribution in [3.63, 3.8) is 0 Å². The number of aromatic nitrogens is 3. The van der Waals surface area contributed by atoms with Gasteiger partial charge in [-0.05, 0) is 18.4 Å². The molecule has 1 atom stereocenters. The molecule has 1 aliphatic carbocycles. The summed E-state index contributed by atoms with van der Waals surface area (Å²) in [6, 6.07) is 10.7. The number of hydrogen-bond donors (Lipinski definition) is 2. The number of aliphatic hydroxyl groups excluding tert-OH is 1. The number of rotatable bonds is 7. The molecule has 0 aliphatic heterocycles. The fraction of sp³-hybridized carbons (Fsp3) is 0.467. The molecule has 1 heterocycles. The van der Waals surface area contributed by atoms with Crippen molar-refractivity contribution in [3.05, 3.63) is 42.2 Å². The third-order valence-electron chi connectivity index (χ3n) is 3.77. The van der Waals surface area contributed by atoms with Crippen LogP contribution < -0.4 is 5.32 Å². The van der Waals surface area contributed by atoms with Crippen molar-refractivity contribution in [1.82, 2.24) is 20.1 Å². The Kier molecular flexibility index (Phi) is 4.28. The van der Waals surface area contributed by atoms with Gasteiger partial charge < -0.3 is 15.0 Å². The van der Waals surface area contributed by atoms with Crippen LogP contribution in [0, 0.1) is 0 Å². The first-order chi connectivity index (χ1) is 10.2. The highest BCUT2D eigenvalue weighted by Crippen LogP contribution is 2.33. The first kappa shape index (κ1) is 14.6. The predicted octanol–water partition coefficient (Wildman–Crippen LogP) is 1.55. The Labute approximate surface area is 128 Å². The SMILES string of the molecule is Cn1cnnc1SCC(CO)(NC1CC1)c1ccccc1. The molecule has 1 aromatic heterocycles. The van der Waals surface area contributed by atoms with E-state index in [1.54, 1.807) is 18.1 Å². The molecule has 1 saturated carbocycles. The Balaban J connectivity index is 1.82. The summed E-state index contributed by atoms with van der Waals surface area (Å²) in [5.74, 6) is 0.719. The van der Waals surface area contributed by atoms with Crippen LogP contribution in [0.5, 0.6) is 0 Å². The molecule has 21 heavy (non-hydrogen) atoms. The monoisotopic (exact) mass is 304 g/mol. The van der Waals surface area contributed by atoms with Crippen molar-refractivity contribution < 1.29 is 5.11 Å². The molecule has 5 nitrogen and oxygen atoms in total. The average Bonchev–Trinajstić information content (AvgIpc) is 3.25. The molecule has 1 aromatic carbocycles. The molecule has 2 aromatic rings. The second kappa shape index (κ2) is 6.17. The summed E-state index contributed by atoms with van der Waals surface area (Å²) in [4.78, 5) is 0. The summed E-state index contributed by atoms with van der Waals surface area (Å²) in [5.41, 5.74) is 0.688. The van der Waals surface area contributed by atoms with Crippen LogP contribution in [-0.4, -0.2) is 38.3 Å². The lowest BCUT2D eigenvalue weighted by Gasteiger charge is -2.33. The minimum Gasteiger partial charge on any atom is -0.394 e. The normalized spacial score (nSPS) is 17.6. The Morgan fingerprint density at radius 2 is 2.14 bits per heavy atom. The lowest BCUT2D eigenvalue weighted by Crippen LogP contribution is -2.49. The van der Waals surface area contributed by atoms with E-state index in [-0.39, 0.29) is 6.61 Å². The number of hydrogen-bond acceptors (Lipinski definition) is 5. The summed E-state index contributed by atoms with van der Waals surface area (Å²) in [7, 11) is 1.93. The number of aryl methyl sites for hydroxylation is 1. The average molecular weight is 304 g/mol. The molecule has 1 fully saturated rings. The second-order valence-electron chi connectivity index (χ2n) is 5.54. The third kappa shape index (κ3) is 3.28. The van der Waals surface area contributed by atoms with E-state index in [1.165, 1.54) is 12.8 Å². The third-order valence-corrected chi connectivity index (χ3v) is 5.04. The molecule has 0 saturated heterocycles. The highest BCUT2D eigenvalue weighted by atomic mass is 32.2. The largest absolute Gasteiger partial charge is 0.394 e. The molecule has 1 unspecified atom stereocenters. The van der Waals surface area contributed by atoms with Gasteiger partial charge in [0, 0.05) is 18.8 Å². The molecule has 112 valence electrons. The summed E-state index contributed by atoms with van der Waals surface area (Å²) in [6.45, 7) is 0.0678. The predicted molar refractivity (Wildman–Crippen MR) is 83.1 cm³/mol. The van der Waals surface area contributed by atoms with Gasteiger partial charge in [-0.3, -0.25) is 0 Å². The molecule has 0 spiro atoms. The van der Waals surface area contributed by atoms with Gasteiger partial charge in [-0.1, -0.05) is 42.1 Å². The second-order valence-corrected chi connectivity index (χ2v) is 6.48. The molecule has 2 N–H and O–H groups in total. The van der Waals surface area contributed by atoms with Gasteiger partial charge in [0.15, 0.2) is 5.16 Å². The molecule has 0 amide bonds. The fourth-order valence-corrected chi connectivity index (χ4v) is 3.43. The maximum Gasteiger partial charge on any atom is 0.190 e. The molecule has 1 aliphatic rings. The Morgan fingerprint density at radius 1 is 1.38 bits per heavy atom. The van der Waals surface area contributed by atoms with Crippen molar-refractivity contribution in [1.29, 1.82) is 0 Å². The van der Waals surface area contributed by atoms with Crippen LogP contribution in [0.1, 0.15) is 18.4 Å². The van der Waals surface area contributed by atoms with Gasteiger partial charge in [0.1, 0.15) is 6.33 Å². The van der Waals surface area contributed by atoms with E-state index in [0.717, 1.165) is 16.5 Å². The van der Waals surface area contributed by atoms with Gasteiger partial charge in [0.2, 0.25) is 0 Å². The van der Waals surface area contributed by atoms with Crippen LogP contribution in [0.2, 0.25) is 0 Å². The maximum absolute atomic E-state index is 10.1. The highest BCUT2D eigenvalue weighted by Gasteiger charge is 2.37. The van der Waals surface area contributed by atoms with Crippen molar-refractivity contribution in [2.45, 2.75) is 29.6 Å². The summed E-state index contributed by atoms with van der Waals surface area (Å²) in [5, 5.41) is 22.6. The van der Waals surface area contributed by atoms with Crippen molar-refractivity contribution in [2.75, 3.05) is 12.4 Å². The first-order valence-electron chi connectivity index (χ1n) is 7.14. The quantitative estimate of drug-likeness (QED) is 0.760. The highest BCUT2D eigenvalue weighted by molar-refractivity contribution is 7.99. The van der Waals surface area contributed by atoms with E-state index in [1.807, 2.05) is 29.8 Å². The van der Waals surface area contributed by atoms with Crippen molar-refractivity contribution >= 4 is 11.8 Å². The Morgan fingerprint density at radius 3 is 2.71 bits per heavy atom. The van der Waals surface area contributed by atoms with E-state index in [4.69, 9.17) is 0 Å². The van der Waals surface area contributed by atoms with Gasteiger partial charge in [0.25, 0.3) is 0 Å². The van der Waals surface area contributed by atoms with E-state index >= 15 is 0 Å². The molecule has 6 heteroatoms. The van der Waals surface area contributed by atoms with E-state index in [2.05, 4.69) is 27.6 Å². The molecule has 0 bridgehead atoms. The lowest BCUT2D eigenvalue weighted by atomic mass is 9.92. The Hall–Kier alpha value is -1.37. The van der Waals surface area contributed by atoms with Crippen LogP contribution in [0.3, 0.4) is 0 Å². The van der Waals surface area contributed by atoms with Crippen molar-refractivity contribution in [2.24, 2.45) is 7.05 Å². The molecule has 0 radical (unpaired) electrons. The van der Waals surface area contributed by atoms with Crippen LogP contribution in [0.25, 0.3) is 0 Å². The van der Waals surface area contributed by atoms with E-state index in [9.17, 15) is 5.11 Å². The fourth-order valence-electron chi connectivity index (χ4n) is 2.36. The van der Waals surface area contributed by atoms with Gasteiger partial charge >= 0.3 is 0 Å².